The van der Waals surface area contributed by atoms with Crippen LogP contribution in [0.25, 0.3) is 11.0 Å². The number of H-pyrrole nitrogens is 1. The Bertz CT molecular complexity index is 444. The number of imidazole rings is 1. The molecule has 0 aliphatic rings. The maximum absolute atomic E-state index is 5.26. The van der Waals surface area contributed by atoms with E-state index in [1.807, 2.05) is 6.92 Å². The summed E-state index contributed by atoms with van der Waals surface area (Å²) in [5.41, 5.74) is 6.87. The normalized spacial score (nSPS) is 10.7. The molecule has 0 fully saturated rings. The third kappa shape index (κ3) is 1.25. The Kier molecular flexibility index (Phi) is 1.70. The minimum Gasteiger partial charge on any atom is -0.323 e. The topological polar surface area (TPSA) is 66.7 Å². The number of benzene rings is 1. The molecule has 68 valence electrons. The molecule has 1 heterocycles. The van der Waals surface area contributed by atoms with Gasteiger partial charge in [-0.25, -0.2) is 10.8 Å². The van der Waals surface area contributed by atoms with Gasteiger partial charge in [-0.15, -0.1) is 0 Å². The van der Waals surface area contributed by atoms with Gasteiger partial charge in [0.15, 0.2) is 0 Å². The van der Waals surface area contributed by atoms with E-state index >= 15 is 0 Å². The largest absolute Gasteiger partial charge is 0.323 e. The lowest BCUT2D eigenvalue weighted by atomic mass is 10.1. The van der Waals surface area contributed by atoms with Crippen LogP contribution in [0.1, 0.15) is 11.1 Å². The summed E-state index contributed by atoms with van der Waals surface area (Å²) >= 11 is 0. The molecule has 0 radical (unpaired) electrons. The predicted octanol–water partition coefficient (Wildman–Crippen LogP) is 1.47. The van der Waals surface area contributed by atoms with E-state index in [9.17, 15) is 0 Å². The number of aromatic amines is 1. The quantitative estimate of drug-likeness (QED) is 0.455. The van der Waals surface area contributed by atoms with E-state index in [1.165, 1.54) is 5.56 Å². The number of nitrogens with two attached hydrogens (primary N) is 1. The van der Waals surface area contributed by atoms with Crippen molar-refractivity contribution in [3.8, 4) is 0 Å². The minimum absolute atomic E-state index is 0.601. The zero-order chi connectivity index (χ0) is 9.42. The van der Waals surface area contributed by atoms with E-state index in [0.717, 1.165) is 16.6 Å². The van der Waals surface area contributed by atoms with Crippen molar-refractivity contribution in [2.24, 2.45) is 5.84 Å². The predicted molar refractivity (Wildman–Crippen MR) is 53.4 cm³/mol. The van der Waals surface area contributed by atoms with Gasteiger partial charge in [-0.1, -0.05) is 6.07 Å². The van der Waals surface area contributed by atoms with Gasteiger partial charge in [-0.3, -0.25) is 5.43 Å². The second-order valence-corrected chi connectivity index (χ2v) is 3.21. The molecule has 0 amide bonds. The van der Waals surface area contributed by atoms with Crippen LogP contribution in [0.4, 0.5) is 5.95 Å². The molecule has 2 aromatic rings. The number of hydrogen-bond acceptors (Lipinski definition) is 3. The van der Waals surface area contributed by atoms with Crippen LogP contribution in [0, 0.1) is 13.8 Å². The maximum Gasteiger partial charge on any atom is 0.215 e. The zero-order valence-corrected chi connectivity index (χ0v) is 7.68. The highest BCUT2D eigenvalue weighted by Gasteiger charge is 2.04. The van der Waals surface area contributed by atoms with Crippen molar-refractivity contribution >= 4 is 17.0 Å². The fourth-order valence-corrected chi connectivity index (χ4v) is 1.54. The first-order valence-corrected chi connectivity index (χ1v) is 4.14. The standard InChI is InChI=1S/C9H12N4/c1-5-3-6(2)8-7(4-5)11-9(12-8)13-10/h3-4H,10H2,1-2H3,(H2,11,12,13). The summed E-state index contributed by atoms with van der Waals surface area (Å²) in [4.78, 5) is 7.36. The summed E-state index contributed by atoms with van der Waals surface area (Å²) < 4.78 is 0. The van der Waals surface area contributed by atoms with Crippen LogP contribution in [0.5, 0.6) is 0 Å². The molecule has 0 aliphatic heterocycles. The maximum atomic E-state index is 5.26. The molecule has 1 aromatic carbocycles. The monoisotopic (exact) mass is 176 g/mol. The molecule has 2 rings (SSSR count). The Balaban J connectivity index is 2.75. The summed E-state index contributed by atoms with van der Waals surface area (Å²) in [5, 5.41) is 0. The number of aromatic nitrogens is 2. The van der Waals surface area contributed by atoms with Crippen LogP contribution >= 0.6 is 0 Å². The van der Waals surface area contributed by atoms with E-state index in [1.54, 1.807) is 0 Å². The summed E-state index contributed by atoms with van der Waals surface area (Å²) in [6.07, 6.45) is 0. The second kappa shape index (κ2) is 2.74. The van der Waals surface area contributed by atoms with Crippen molar-refractivity contribution in [2.45, 2.75) is 13.8 Å². The lowest BCUT2D eigenvalue weighted by molar-refractivity contribution is 1.21. The number of nitrogens with zero attached hydrogens (tertiary/aromatic N) is 1. The van der Waals surface area contributed by atoms with Gasteiger partial charge in [0, 0.05) is 0 Å². The second-order valence-electron chi connectivity index (χ2n) is 3.21. The molecule has 4 N–H and O–H groups in total. The third-order valence-electron chi connectivity index (χ3n) is 2.06. The molecule has 4 heteroatoms. The van der Waals surface area contributed by atoms with Gasteiger partial charge >= 0.3 is 0 Å². The summed E-state index contributed by atoms with van der Waals surface area (Å²) in [5.74, 6) is 5.86. The van der Waals surface area contributed by atoms with E-state index in [0.29, 0.717) is 5.95 Å². The van der Waals surface area contributed by atoms with Crippen LogP contribution in [-0.4, -0.2) is 9.97 Å². The van der Waals surface area contributed by atoms with Gasteiger partial charge in [-0.2, -0.15) is 0 Å². The third-order valence-corrected chi connectivity index (χ3v) is 2.06. The first-order chi connectivity index (χ1) is 6.20. The molecule has 0 atom stereocenters. The number of fused-ring (bicyclic) bond motifs is 1. The van der Waals surface area contributed by atoms with E-state index in [-0.39, 0.29) is 0 Å². The highest BCUT2D eigenvalue weighted by molar-refractivity contribution is 5.81. The van der Waals surface area contributed by atoms with E-state index in [4.69, 9.17) is 5.84 Å². The molecular formula is C9H12N4. The Morgan fingerprint density at radius 1 is 1.38 bits per heavy atom. The van der Waals surface area contributed by atoms with Crippen molar-refractivity contribution in [3.05, 3.63) is 23.3 Å². The zero-order valence-electron chi connectivity index (χ0n) is 7.68. The first kappa shape index (κ1) is 8.07. The summed E-state index contributed by atoms with van der Waals surface area (Å²) in [6.45, 7) is 4.10. The molecule has 13 heavy (non-hydrogen) atoms. The lowest BCUT2D eigenvalue weighted by Gasteiger charge is -1.95. The van der Waals surface area contributed by atoms with E-state index in [2.05, 4.69) is 34.5 Å². The van der Waals surface area contributed by atoms with Crippen LogP contribution in [0.2, 0.25) is 0 Å². The molecule has 4 nitrogen and oxygen atoms in total. The van der Waals surface area contributed by atoms with Gasteiger partial charge in [-0.05, 0) is 31.0 Å². The Labute approximate surface area is 76.1 Å². The Hall–Kier alpha value is -1.55. The molecule has 0 saturated carbocycles. The molecular weight excluding hydrogens is 164 g/mol. The Morgan fingerprint density at radius 2 is 2.15 bits per heavy atom. The van der Waals surface area contributed by atoms with Crippen molar-refractivity contribution in [1.82, 2.24) is 9.97 Å². The molecule has 0 unspecified atom stereocenters. The fraction of sp³-hybridized carbons (Fsp3) is 0.222. The minimum atomic E-state index is 0.601. The first-order valence-electron chi connectivity index (χ1n) is 4.14. The fourth-order valence-electron chi connectivity index (χ4n) is 1.54. The highest BCUT2D eigenvalue weighted by Crippen LogP contribution is 2.19. The molecule has 0 spiro atoms. The average Bonchev–Trinajstić information content (AvgIpc) is 2.47. The van der Waals surface area contributed by atoms with Crippen LogP contribution in [0.15, 0.2) is 12.1 Å². The summed E-state index contributed by atoms with van der Waals surface area (Å²) in [6, 6.07) is 4.15. The molecule has 0 bridgehead atoms. The van der Waals surface area contributed by atoms with E-state index < -0.39 is 0 Å². The number of aryl methyl sites for hydroxylation is 2. The number of hydrazine groups is 1. The molecule has 0 aliphatic carbocycles. The number of anilines is 1. The summed E-state index contributed by atoms with van der Waals surface area (Å²) in [7, 11) is 0. The van der Waals surface area contributed by atoms with Gasteiger partial charge in [0.1, 0.15) is 0 Å². The Morgan fingerprint density at radius 3 is 2.85 bits per heavy atom. The number of rotatable bonds is 1. The van der Waals surface area contributed by atoms with Crippen LogP contribution in [0.3, 0.4) is 0 Å². The van der Waals surface area contributed by atoms with Gasteiger partial charge in [0.2, 0.25) is 5.95 Å². The van der Waals surface area contributed by atoms with Crippen molar-refractivity contribution < 1.29 is 0 Å². The SMILES string of the molecule is Cc1cc(C)c2nc(NN)[nH]c2c1. The van der Waals surface area contributed by atoms with Crippen LogP contribution < -0.4 is 11.3 Å². The lowest BCUT2D eigenvalue weighted by Crippen LogP contribution is -2.07. The van der Waals surface area contributed by atoms with Crippen molar-refractivity contribution in [3.63, 3.8) is 0 Å². The number of nitrogen functional groups attached to an aromatic ring is 1. The van der Waals surface area contributed by atoms with Crippen LogP contribution in [-0.2, 0) is 0 Å². The van der Waals surface area contributed by atoms with Gasteiger partial charge in [0.05, 0.1) is 11.0 Å². The molecule has 1 aromatic heterocycles. The highest BCUT2D eigenvalue weighted by atomic mass is 15.3. The van der Waals surface area contributed by atoms with Crippen molar-refractivity contribution in [2.75, 3.05) is 5.43 Å². The number of hydrogen-bond donors (Lipinski definition) is 3. The number of nitrogens with one attached hydrogen (secondary N) is 2. The molecule has 0 saturated heterocycles. The van der Waals surface area contributed by atoms with Crippen molar-refractivity contribution in [1.29, 1.82) is 0 Å². The van der Waals surface area contributed by atoms with Gasteiger partial charge < -0.3 is 4.98 Å². The average molecular weight is 176 g/mol. The van der Waals surface area contributed by atoms with Gasteiger partial charge in [0.25, 0.3) is 0 Å². The smallest absolute Gasteiger partial charge is 0.215 e.